The molecule has 0 aliphatic carbocycles. The number of hydrogen-bond acceptors (Lipinski definition) is 5. The Kier molecular flexibility index (Phi) is 4.75. The van der Waals surface area contributed by atoms with Crippen molar-refractivity contribution < 1.29 is 4.39 Å². The van der Waals surface area contributed by atoms with Gasteiger partial charge in [-0.3, -0.25) is 13.9 Å². The van der Waals surface area contributed by atoms with E-state index in [0.717, 1.165) is 9.46 Å². The van der Waals surface area contributed by atoms with Gasteiger partial charge in [0.2, 0.25) is 0 Å². The first-order chi connectivity index (χ1) is 13.9. The molecule has 4 rings (SSSR count). The molecule has 2 N–H and O–H groups in total. The molecule has 7 nitrogen and oxygen atoms in total. The lowest BCUT2D eigenvalue weighted by molar-refractivity contribution is 0.593. The van der Waals surface area contributed by atoms with Crippen molar-refractivity contribution in [2.45, 2.75) is 16.6 Å². The van der Waals surface area contributed by atoms with Gasteiger partial charge in [0.25, 0.3) is 5.56 Å². The van der Waals surface area contributed by atoms with E-state index in [9.17, 15) is 14.0 Å². The molecule has 4 aromatic rings. The van der Waals surface area contributed by atoms with Crippen LogP contribution in [0.3, 0.4) is 0 Å². The van der Waals surface area contributed by atoms with Gasteiger partial charge in [0, 0.05) is 30.2 Å². The molecule has 0 atom stereocenters. The number of aromatic nitrogens is 4. The van der Waals surface area contributed by atoms with Crippen LogP contribution in [0.1, 0.15) is 5.56 Å². The van der Waals surface area contributed by atoms with Gasteiger partial charge in [-0.15, -0.1) is 0 Å². The van der Waals surface area contributed by atoms with Gasteiger partial charge < -0.3 is 10.3 Å². The molecule has 0 bridgehead atoms. The molecule has 2 aromatic heterocycles. The molecule has 0 fully saturated rings. The van der Waals surface area contributed by atoms with Crippen LogP contribution in [0.4, 0.5) is 10.1 Å². The van der Waals surface area contributed by atoms with Crippen LogP contribution in [0.15, 0.2) is 68.2 Å². The third kappa shape index (κ3) is 3.33. The van der Waals surface area contributed by atoms with Crippen molar-refractivity contribution in [3.63, 3.8) is 0 Å². The van der Waals surface area contributed by atoms with Gasteiger partial charge in [-0.1, -0.05) is 30.0 Å². The summed E-state index contributed by atoms with van der Waals surface area (Å²) >= 11 is 1.31. The zero-order valence-corrected chi connectivity index (χ0v) is 16.6. The number of aryl methyl sites for hydroxylation is 1. The highest BCUT2D eigenvalue weighted by molar-refractivity contribution is 7.99. The molecule has 0 aliphatic heterocycles. The van der Waals surface area contributed by atoms with Crippen molar-refractivity contribution in [2.75, 3.05) is 5.73 Å². The average molecular weight is 411 g/mol. The highest BCUT2D eigenvalue weighted by Crippen LogP contribution is 2.30. The van der Waals surface area contributed by atoms with Crippen molar-refractivity contribution >= 4 is 28.6 Å². The Hall–Kier alpha value is -3.33. The van der Waals surface area contributed by atoms with Gasteiger partial charge in [-0.25, -0.2) is 14.2 Å². The van der Waals surface area contributed by atoms with Gasteiger partial charge in [0.1, 0.15) is 5.82 Å². The first-order valence-corrected chi connectivity index (χ1v) is 9.61. The normalized spacial score (nSPS) is 11.3. The minimum Gasteiger partial charge on any atom is -0.399 e. The van der Waals surface area contributed by atoms with E-state index in [0.29, 0.717) is 16.4 Å². The fraction of sp³-hybridized carbons (Fsp3) is 0.150. The summed E-state index contributed by atoms with van der Waals surface area (Å²) in [6.45, 7) is 0.105. The van der Waals surface area contributed by atoms with E-state index in [4.69, 9.17) is 5.73 Å². The van der Waals surface area contributed by atoms with Crippen LogP contribution in [0.5, 0.6) is 0 Å². The van der Waals surface area contributed by atoms with E-state index in [2.05, 4.69) is 4.98 Å². The largest absolute Gasteiger partial charge is 0.399 e. The van der Waals surface area contributed by atoms with Crippen LogP contribution >= 0.6 is 11.8 Å². The quantitative estimate of drug-likeness (QED) is 0.521. The summed E-state index contributed by atoms with van der Waals surface area (Å²) in [6.07, 6.45) is 0. The van der Waals surface area contributed by atoms with Gasteiger partial charge in [0.05, 0.1) is 6.54 Å². The number of benzene rings is 2. The van der Waals surface area contributed by atoms with Crippen LogP contribution in [-0.2, 0) is 20.6 Å². The Labute approximate surface area is 169 Å². The maximum Gasteiger partial charge on any atom is 0.332 e. The Morgan fingerprint density at radius 1 is 1.03 bits per heavy atom. The minimum atomic E-state index is -0.476. The highest BCUT2D eigenvalue weighted by Gasteiger charge is 2.20. The summed E-state index contributed by atoms with van der Waals surface area (Å²) in [6, 6.07) is 13.6. The maximum atomic E-state index is 14.3. The maximum absolute atomic E-state index is 14.3. The van der Waals surface area contributed by atoms with Gasteiger partial charge in [-0.05, 0) is 30.3 Å². The lowest BCUT2D eigenvalue weighted by Gasteiger charge is -2.10. The molecular weight excluding hydrogens is 393 g/mol. The number of hydrogen-bond donors (Lipinski definition) is 1. The number of halogens is 1. The number of imidazole rings is 1. The van der Waals surface area contributed by atoms with Crippen molar-refractivity contribution in [1.82, 2.24) is 18.7 Å². The number of nitrogens with two attached hydrogens (primary N) is 1. The predicted octanol–water partition coefficient (Wildman–Crippen LogP) is 2.35. The third-order valence-electron chi connectivity index (χ3n) is 4.69. The zero-order valence-electron chi connectivity index (χ0n) is 15.8. The second kappa shape index (κ2) is 7.25. The van der Waals surface area contributed by atoms with Crippen LogP contribution < -0.4 is 17.0 Å². The number of nitrogens with zero attached hydrogens (tertiary/aromatic N) is 4. The SMILES string of the molecule is Cn1c(=O)c2c(nc(Sc3ccc(N)cc3)n2Cc2ccccc2F)n(C)c1=O. The number of rotatable bonds is 4. The molecular formula is C20H18FN5O2S. The summed E-state index contributed by atoms with van der Waals surface area (Å²) in [4.78, 5) is 30.6. The van der Waals surface area contributed by atoms with Gasteiger partial charge >= 0.3 is 5.69 Å². The van der Waals surface area contributed by atoms with E-state index in [1.165, 1.54) is 29.4 Å². The van der Waals surface area contributed by atoms with E-state index < -0.39 is 11.2 Å². The lowest BCUT2D eigenvalue weighted by Crippen LogP contribution is -2.37. The fourth-order valence-corrected chi connectivity index (χ4v) is 3.97. The van der Waals surface area contributed by atoms with Crippen LogP contribution in [-0.4, -0.2) is 18.7 Å². The Bertz CT molecular complexity index is 1340. The standard InChI is InChI=1S/C20H18FN5O2S/c1-24-17-16(18(27)25(2)20(24)28)26(11-12-5-3-4-6-15(12)21)19(23-17)29-14-9-7-13(22)8-10-14/h3-10H,11,22H2,1-2H3. The van der Waals surface area contributed by atoms with Gasteiger partial charge in [0.15, 0.2) is 16.3 Å². The molecule has 0 unspecified atom stereocenters. The van der Waals surface area contributed by atoms with E-state index >= 15 is 0 Å². The number of nitrogen functional groups attached to an aromatic ring is 1. The second-order valence-corrected chi connectivity index (χ2v) is 7.66. The minimum absolute atomic E-state index is 0.105. The van der Waals surface area contributed by atoms with Crippen LogP contribution in [0.2, 0.25) is 0 Å². The van der Waals surface area contributed by atoms with Crippen molar-refractivity contribution in [2.24, 2.45) is 14.1 Å². The summed E-state index contributed by atoms with van der Waals surface area (Å²) in [5.41, 5.74) is 6.35. The van der Waals surface area contributed by atoms with E-state index in [-0.39, 0.29) is 23.5 Å². The van der Waals surface area contributed by atoms with E-state index in [1.807, 2.05) is 12.1 Å². The fourth-order valence-electron chi connectivity index (χ4n) is 3.09. The molecule has 9 heteroatoms. The lowest BCUT2D eigenvalue weighted by atomic mass is 10.2. The summed E-state index contributed by atoms with van der Waals surface area (Å²) in [5.74, 6) is -0.376. The van der Waals surface area contributed by atoms with Crippen LogP contribution in [0, 0.1) is 5.82 Å². The summed E-state index contributed by atoms with van der Waals surface area (Å²) in [5, 5.41) is 0.478. The number of fused-ring (bicyclic) bond motifs is 1. The van der Waals surface area contributed by atoms with Crippen molar-refractivity contribution in [3.8, 4) is 0 Å². The molecule has 2 heterocycles. The monoisotopic (exact) mass is 411 g/mol. The van der Waals surface area contributed by atoms with E-state index in [1.54, 1.807) is 41.9 Å². The Morgan fingerprint density at radius 2 is 1.72 bits per heavy atom. The smallest absolute Gasteiger partial charge is 0.332 e. The van der Waals surface area contributed by atoms with Crippen LogP contribution in [0.25, 0.3) is 11.2 Å². The number of anilines is 1. The summed E-state index contributed by atoms with van der Waals surface area (Å²) < 4.78 is 18.3. The average Bonchev–Trinajstić information content (AvgIpc) is 3.06. The van der Waals surface area contributed by atoms with Gasteiger partial charge in [-0.2, -0.15) is 0 Å². The second-order valence-electron chi connectivity index (χ2n) is 6.62. The zero-order chi connectivity index (χ0) is 20.7. The topological polar surface area (TPSA) is 87.8 Å². The molecule has 0 spiro atoms. The molecule has 0 saturated carbocycles. The summed E-state index contributed by atoms with van der Waals surface area (Å²) in [7, 11) is 2.97. The predicted molar refractivity (Wildman–Crippen MR) is 111 cm³/mol. The molecule has 0 aliphatic rings. The Balaban J connectivity index is 1.96. The first-order valence-electron chi connectivity index (χ1n) is 8.80. The molecule has 0 radical (unpaired) electrons. The molecule has 29 heavy (non-hydrogen) atoms. The first kappa shape index (κ1) is 19.0. The third-order valence-corrected chi connectivity index (χ3v) is 5.69. The molecule has 2 aromatic carbocycles. The highest BCUT2D eigenvalue weighted by atomic mass is 32.2. The Morgan fingerprint density at radius 3 is 2.41 bits per heavy atom. The van der Waals surface area contributed by atoms with Crippen molar-refractivity contribution in [1.29, 1.82) is 0 Å². The van der Waals surface area contributed by atoms with Crippen molar-refractivity contribution in [3.05, 3.63) is 80.7 Å². The molecule has 148 valence electrons. The molecule has 0 saturated heterocycles. The molecule has 0 amide bonds.